The number of hydrogen-bond acceptors (Lipinski definition) is 8. The number of hydrogen-bond donors (Lipinski definition) is 0. The molecule has 9 nitrogen and oxygen atoms in total. The van der Waals surface area contributed by atoms with E-state index < -0.39 is 5.41 Å². The molecule has 0 fully saturated rings. The molecule has 0 saturated heterocycles. The molecule has 0 N–H and O–H groups in total. The van der Waals surface area contributed by atoms with E-state index in [9.17, 15) is 10.5 Å². The number of pyridine rings is 1. The van der Waals surface area contributed by atoms with Crippen molar-refractivity contribution in [2.75, 3.05) is 7.11 Å². The van der Waals surface area contributed by atoms with Crippen molar-refractivity contribution in [1.82, 2.24) is 25.2 Å². The molecule has 0 aliphatic heterocycles. The normalized spacial score (nSPS) is 10.4. The largest absolute Gasteiger partial charge is 0.496 e. The lowest BCUT2D eigenvalue weighted by Crippen LogP contribution is -2.22. The van der Waals surface area contributed by atoms with Crippen LogP contribution in [0.4, 0.5) is 0 Å². The highest BCUT2D eigenvalue weighted by Gasteiger charge is 2.35. The summed E-state index contributed by atoms with van der Waals surface area (Å²) in [6, 6.07) is 15.9. The molecule has 0 aliphatic rings. The van der Waals surface area contributed by atoms with Gasteiger partial charge >= 0.3 is 0 Å². The SMILES string of the molecule is COc1cc(-n2nnc(-c3ccccn3)n2)ccc1C(C#N)(C#N)CC#N. The van der Waals surface area contributed by atoms with Crippen LogP contribution in [0.15, 0.2) is 42.6 Å². The van der Waals surface area contributed by atoms with E-state index in [1.165, 1.54) is 11.9 Å². The number of tetrazole rings is 1. The number of ether oxygens (including phenoxy) is 1. The minimum atomic E-state index is -1.62. The summed E-state index contributed by atoms with van der Waals surface area (Å²) in [4.78, 5) is 5.47. The molecule has 9 heteroatoms. The molecule has 2 aromatic heterocycles. The Morgan fingerprint density at radius 3 is 2.59 bits per heavy atom. The van der Waals surface area contributed by atoms with Gasteiger partial charge in [-0.15, -0.1) is 15.0 Å². The molecular weight excluding hydrogens is 344 g/mol. The van der Waals surface area contributed by atoms with Crippen molar-refractivity contribution >= 4 is 0 Å². The molecule has 27 heavy (non-hydrogen) atoms. The minimum absolute atomic E-state index is 0.277. The zero-order valence-electron chi connectivity index (χ0n) is 14.2. The van der Waals surface area contributed by atoms with Crippen molar-refractivity contribution in [2.45, 2.75) is 11.8 Å². The van der Waals surface area contributed by atoms with Crippen LogP contribution in [0.1, 0.15) is 12.0 Å². The maximum Gasteiger partial charge on any atom is 0.223 e. The Hall–Kier alpha value is -4.29. The summed E-state index contributed by atoms with van der Waals surface area (Å²) < 4.78 is 5.34. The standard InChI is InChI=1S/C18H12N8O/c1-27-16-10-13(5-6-14(16)18(11-20,12-21)7-8-19)26-24-17(23-25-26)15-4-2-3-9-22-15/h2-6,9-10H,7H2,1H3. The van der Waals surface area contributed by atoms with Crippen molar-refractivity contribution in [3.8, 4) is 41.2 Å². The highest BCUT2D eigenvalue weighted by atomic mass is 16.5. The van der Waals surface area contributed by atoms with Crippen molar-refractivity contribution in [3.63, 3.8) is 0 Å². The van der Waals surface area contributed by atoms with Crippen molar-refractivity contribution < 1.29 is 4.74 Å². The van der Waals surface area contributed by atoms with Crippen LogP contribution in [0.25, 0.3) is 17.2 Å². The summed E-state index contributed by atoms with van der Waals surface area (Å²) in [6.45, 7) is 0. The van der Waals surface area contributed by atoms with Gasteiger partial charge in [-0.05, 0) is 23.4 Å². The first-order chi connectivity index (χ1) is 13.2. The Morgan fingerprint density at radius 1 is 1.15 bits per heavy atom. The van der Waals surface area contributed by atoms with E-state index in [0.717, 1.165) is 0 Å². The highest BCUT2D eigenvalue weighted by Crippen LogP contribution is 2.35. The molecular formula is C18H12N8O. The van der Waals surface area contributed by atoms with E-state index in [0.29, 0.717) is 22.8 Å². The second kappa shape index (κ2) is 7.30. The topological polar surface area (TPSA) is 137 Å². The maximum atomic E-state index is 9.47. The van der Waals surface area contributed by atoms with Crippen molar-refractivity contribution in [1.29, 1.82) is 15.8 Å². The number of nitrogens with zero attached hydrogens (tertiary/aromatic N) is 8. The molecule has 0 aliphatic carbocycles. The van der Waals surface area contributed by atoms with Gasteiger partial charge in [0.1, 0.15) is 11.4 Å². The highest BCUT2D eigenvalue weighted by molar-refractivity contribution is 5.54. The Labute approximate surface area is 154 Å². The van der Waals surface area contributed by atoms with Gasteiger partial charge in [0, 0.05) is 17.8 Å². The Kier molecular flexibility index (Phi) is 4.74. The first-order valence-electron chi connectivity index (χ1n) is 7.77. The molecule has 2 heterocycles. The summed E-state index contributed by atoms with van der Waals surface area (Å²) in [5.41, 5.74) is -0.209. The average molecular weight is 356 g/mol. The van der Waals surface area contributed by atoms with Crippen molar-refractivity contribution in [2.24, 2.45) is 0 Å². The van der Waals surface area contributed by atoms with E-state index in [4.69, 9.17) is 10.00 Å². The van der Waals surface area contributed by atoms with Crippen LogP contribution in [-0.4, -0.2) is 32.3 Å². The number of benzene rings is 1. The zero-order chi connectivity index (χ0) is 19.3. The molecule has 3 rings (SSSR count). The van der Waals surface area contributed by atoms with Crippen LogP contribution in [0, 0.1) is 34.0 Å². The third-order valence-electron chi connectivity index (χ3n) is 3.91. The first kappa shape index (κ1) is 17.5. The van der Waals surface area contributed by atoms with Gasteiger partial charge in [0.25, 0.3) is 0 Å². The third-order valence-corrected chi connectivity index (χ3v) is 3.91. The van der Waals surface area contributed by atoms with Crippen LogP contribution >= 0.6 is 0 Å². The Bertz CT molecular complexity index is 1070. The minimum Gasteiger partial charge on any atom is -0.496 e. The molecule has 0 radical (unpaired) electrons. The second-order valence-corrected chi connectivity index (χ2v) is 5.47. The van der Waals surface area contributed by atoms with Crippen molar-refractivity contribution in [3.05, 3.63) is 48.2 Å². The van der Waals surface area contributed by atoms with Crippen LogP contribution < -0.4 is 4.74 Å². The van der Waals surface area contributed by atoms with Gasteiger partial charge in [-0.25, -0.2) is 0 Å². The quantitative estimate of drug-likeness (QED) is 0.676. The lowest BCUT2D eigenvalue weighted by molar-refractivity contribution is 0.404. The van der Waals surface area contributed by atoms with E-state index in [-0.39, 0.29) is 12.2 Å². The van der Waals surface area contributed by atoms with Gasteiger partial charge < -0.3 is 4.74 Å². The molecule has 0 spiro atoms. The maximum absolute atomic E-state index is 9.47. The number of aromatic nitrogens is 5. The first-order valence-corrected chi connectivity index (χ1v) is 7.77. The predicted molar refractivity (Wildman–Crippen MR) is 92.1 cm³/mol. The van der Waals surface area contributed by atoms with Crippen LogP contribution in [-0.2, 0) is 5.41 Å². The van der Waals surface area contributed by atoms with Gasteiger partial charge in [-0.2, -0.15) is 15.8 Å². The molecule has 0 atom stereocenters. The summed E-state index contributed by atoms with van der Waals surface area (Å²) in [5.74, 6) is 0.633. The molecule has 1 aromatic carbocycles. The molecule has 0 unspecified atom stereocenters. The van der Waals surface area contributed by atoms with Crippen LogP contribution in [0.5, 0.6) is 5.75 Å². The van der Waals surface area contributed by atoms with E-state index in [1.54, 1.807) is 36.5 Å². The monoisotopic (exact) mass is 356 g/mol. The summed E-state index contributed by atoms with van der Waals surface area (Å²) in [5, 5.41) is 40.2. The molecule has 0 amide bonds. The second-order valence-electron chi connectivity index (χ2n) is 5.47. The van der Waals surface area contributed by atoms with Crippen LogP contribution in [0.3, 0.4) is 0 Å². The zero-order valence-corrected chi connectivity index (χ0v) is 14.2. The van der Waals surface area contributed by atoms with Gasteiger partial charge in [-0.3, -0.25) is 4.98 Å². The third kappa shape index (κ3) is 3.15. The number of rotatable bonds is 5. The predicted octanol–water partition coefficient (Wildman–Crippen LogP) is 1.93. The molecule has 130 valence electrons. The fourth-order valence-corrected chi connectivity index (χ4v) is 2.52. The van der Waals surface area contributed by atoms with Gasteiger partial charge in [0.2, 0.25) is 5.82 Å². The fraction of sp³-hybridized carbons (Fsp3) is 0.167. The van der Waals surface area contributed by atoms with Gasteiger partial charge in [0.15, 0.2) is 5.41 Å². The lowest BCUT2D eigenvalue weighted by atomic mass is 9.80. The Balaban J connectivity index is 2.03. The fourth-order valence-electron chi connectivity index (χ4n) is 2.52. The average Bonchev–Trinajstić information content (AvgIpc) is 3.23. The Morgan fingerprint density at radius 2 is 1.96 bits per heavy atom. The van der Waals surface area contributed by atoms with E-state index in [2.05, 4.69) is 20.4 Å². The van der Waals surface area contributed by atoms with Gasteiger partial charge in [-0.1, -0.05) is 12.1 Å². The van der Waals surface area contributed by atoms with Gasteiger partial charge in [0.05, 0.1) is 37.4 Å². The van der Waals surface area contributed by atoms with Crippen LogP contribution in [0.2, 0.25) is 0 Å². The molecule has 3 aromatic rings. The lowest BCUT2D eigenvalue weighted by Gasteiger charge is -2.19. The number of nitriles is 3. The molecule has 0 saturated carbocycles. The molecule has 0 bridgehead atoms. The smallest absolute Gasteiger partial charge is 0.223 e. The number of methoxy groups -OCH3 is 1. The summed E-state index contributed by atoms with van der Waals surface area (Å²) >= 11 is 0. The summed E-state index contributed by atoms with van der Waals surface area (Å²) in [7, 11) is 1.42. The summed E-state index contributed by atoms with van der Waals surface area (Å²) in [6.07, 6.45) is 1.35. The van der Waals surface area contributed by atoms with E-state index in [1.807, 2.05) is 24.3 Å². The van der Waals surface area contributed by atoms with E-state index >= 15 is 0 Å².